The molecule has 7 nitrogen and oxygen atoms in total. The third kappa shape index (κ3) is 6.43. The molecule has 28 heavy (non-hydrogen) atoms. The first kappa shape index (κ1) is 24.3. The lowest BCUT2D eigenvalue weighted by Gasteiger charge is -2.31. The molecule has 158 valence electrons. The number of fused-ring (bicyclic) bond motifs is 1. The van der Waals surface area contributed by atoms with Gasteiger partial charge in [0, 0.05) is 20.1 Å². The number of hydrogen-bond acceptors (Lipinski definition) is 4. The van der Waals surface area contributed by atoms with Crippen LogP contribution in [-0.4, -0.2) is 61.5 Å². The molecule has 0 radical (unpaired) electrons. The number of rotatable bonds is 5. The second kappa shape index (κ2) is 11.3. The number of amides is 1. The van der Waals surface area contributed by atoms with Crippen molar-refractivity contribution in [1.82, 2.24) is 15.1 Å². The highest BCUT2D eigenvalue weighted by Crippen LogP contribution is 2.25. The molecule has 1 fully saturated rings. The Labute approximate surface area is 179 Å². The zero-order valence-electron chi connectivity index (χ0n) is 16.3. The van der Waals surface area contributed by atoms with E-state index in [0.717, 1.165) is 44.6 Å². The quantitative estimate of drug-likeness (QED) is 0.486. The number of likely N-dealkylation sites (N-methyl/N-ethyl adjacent to an activating group) is 1. The Balaban J connectivity index is 0.00000196. The molecule has 0 unspecified atom stereocenters. The van der Waals surface area contributed by atoms with Crippen molar-refractivity contribution in [3.05, 3.63) is 29.3 Å². The third-order valence-electron chi connectivity index (χ3n) is 5.37. The number of piperidine rings is 1. The number of nitrogens with two attached hydrogens (primary N) is 1. The van der Waals surface area contributed by atoms with Crippen LogP contribution in [0.25, 0.3) is 0 Å². The highest BCUT2D eigenvalue weighted by molar-refractivity contribution is 5.85. The summed E-state index contributed by atoms with van der Waals surface area (Å²) in [6.45, 7) is 4.57. The van der Waals surface area contributed by atoms with Crippen LogP contribution in [-0.2, 0) is 17.8 Å². The summed E-state index contributed by atoms with van der Waals surface area (Å²) in [5.74, 6) is 1.63. The average Bonchev–Trinajstić information content (AvgIpc) is 2.66. The monoisotopic (exact) mass is 431 g/mol. The normalized spacial score (nSPS) is 17.0. The first-order chi connectivity index (χ1) is 12.5. The molecule has 2 heterocycles. The SMILES string of the molecule is CNC(=O)CN1CCC(COc2ccc3c(c2)CN(C(=N)N)CC3)CC1.Cl.Cl. The number of ether oxygens (including phenoxy) is 1. The number of likely N-dealkylation sites (tertiary alicyclic amines) is 1. The number of benzene rings is 1. The number of halogens is 2. The van der Waals surface area contributed by atoms with E-state index in [4.69, 9.17) is 15.9 Å². The van der Waals surface area contributed by atoms with Gasteiger partial charge in [0.15, 0.2) is 5.96 Å². The molecule has 1 amide bonds. The van der Waals surface area contributed by atoms with E-state index in [1.807, 2.05) is 11.0 Å². The number of nitrogens with one attached hydrogen (secondary N) is 2. The van der Waals surface area contributed by atoms with Crippen LogP contribution in [0.3, 0.4) is 0 Å². The Bertz CT molecular complexity index is 666. The highest BCUT2D eigenvalue weighted by atomic mass is 35.5. The molecule has 0 saturated carbocycles. The van der Waals surface area contributed by atoms with Gasteiger partial charge < -0.3 is 20.7 Å². The summed E-state index contributed by atoms with van der Waals surface area (Å²) >= 11 is 0. The molecule has 1 aromatic rings. The van der Waals surface area contributed by atoms with E-state index in [1.54, 1.807) is 7.05 Å². The van der Waals surface area contributed by atoms with E-state index >= 15 is 0 Å². The van der Waals surface area contributed by atoms with Gasteiger partial charge in [0.1, 0.15) is 5.75 Å². The number of hydrogen-bond donors (Lipinski definition) is 3. The second-order valence-corrected chi connectivity index (χ2v) is 7.19. The molecule has 1 aromatic carbocycles. The zero-order chi connectivity index (χ0) is 18.5. The average molecular weight is 432 g/mol. The van der Waals surface area contributed by atoms with Crippen molar-refractivity contribution in [2.45, 2.75) is 25.8 Å². The highest BCUT2D eigenvalue weighted by Gasteiger charge is 2.22. The van der Waals surface area contributed by atoms with Crippen LogP contribution in [0.1, 0.15) is 24.0 Å². The molecular formula is C19H31Cl2N5O2. The Morgan fingerprint density at radius 1 is 1.25 bits per heavy atom. The van der Waals surface area contributed by atoms with Gasteiger partial charge in [-0.05, 0) is 61.5 Å². The molecule has 0 aliphatic carbocycles. The molecule has 1 saturated heterocycles. The summed E-state index contributed by atoms with van der Waals surface area (Å²) in [7, 11) is 1.68. The Morgan fingerprint density at radius 3 is 2.61 bits per heavy atom. The van der Waals surface area contributed by atoms with Crippen molar-refractivity contribution < 1.29 is 9.53 Å². The minimum Gasteiger partial charge on any atom is -0.493 e. The molecule has 4 N–H and O–H groups in total. The van der Waals surface area contributed by atoms with E-state index in [1.165, 1.54) is 11.1 Å². The zero-order valence-corrected chi connectivity index (χ0v) is 17.9. The summed E-state index contributed by atoms with van der Waals surface area (Å²) < 4.78 is 6.04. The van der Waals surface area contributed by atoms with Crippen LogP contribution in [0.4, 0.5) is 0 Å². The topological polar surface area (TPSA) is 94.7 Å². The molecule has 0 bridgehead atoms. The van der Waals surface area contributed by atoms with Crippen LogP contribution in [0, 0.1) is 11.3 Å². The number of carbonyl (C=O) groups excluding carboxylic acids is 1. The van der Waals surface area contributed by atoms with Gasteiger partial charge in [-0.1, -0.05) is 6.07 Å². The molecular weight excluding hydrogens is 401 g/mol. The Kier molecular flexibility index (Phi) is 9.85. The van der Waals surface area contributed by atoms with Crippen molar-refractivity contribution in [2.24, 2.45) is 11.7 Å². The van der Waals surface area contributed by atoms with E-state index in [2.05, 4.69) is 22.3 Å². The summed E-state index contributed by atoms with van der Waals surface area (Å²) in [6.07, 6.45) is 3.03. The van der Waals surface area contributed by atoms with Gasteiger partial charge in [0.25, 0.3) is 0 Å². The maximum absolute atomic E-state index is 11.5. The molecule has 0 aromatic heterocycles. The Morgan fingerprint density at radius 2 is 1.96 bits per heavy atom. The van der Waals surface area contributed by atoms with E-state index < -0.39 is 0 Å². The van der Waals surface area contributed by atoms with Crippen LogP contribution in [0.5, 0.6) is 5.75 Å². The van der Waals surface area contributed by atoms with E-state index in [9.17, 15) is 4.79 Å². The number of nitrogens with zero attached hydrogens (tertiary/aromatic N) is 2. The molecule has 2 aliphatic rings. The van der Waals surface area contributed by atoms with Crippen LogP contribution in [0.2, 0.25) is 0 Å². The largest absolute Gasteiger partial charge is 0.493 e. The van der Waals surface area contributed by atoms with Gasteiger partial charge in [-0.25, -0.2) is 0 Å². The minimum atomic E-state index is 0. The molecule has 2 aliphatic heterocycles. The predicted molar refractivity (Wildman–Crippen MR) is 116 cm³/mol. The van der Waals surface area contributed by atoms with Crippen molar-refractivity contribution in [3.63, 3.8) is 0 Å². The van der Waals surface area contributed by atoms with Crippen LogP contribution < -0.4 is 15.8 Å². The molecule has 9 heteroatoms. The lowest BCUT2D eigenvalue weighted by atomic mass is 9.97. The van der Waals surface area contributed by atoms with Crippen molar-refractivity contribution >= 4 is 36.7 Å². The molecule has 0 spiro atoms. The fourth-order valence-corrected chi connectivity index (χ4v) is 3.64. The van der Waals surface area contributed by atoms with Gasteiger partial charge in [-0.2, -0.15) is 0 Å². The summed E-state index contributed by atoms with van der Waals surface area (Å²) in [5.41, 5.74) is 8.13. The number of carbonyl (C=O) groups is 1. The molecule has 0 atom stereocenters. The maximum Gasteiger partial charge on any atom is 0.233 e. The van der Waals surface area contributed by atoms with Crippen molar-refractivity contribution in [1.29, 1.82) is 5.41 Å². The predicted octanol–water partition coefficient (Wildman–Crippen LogP) is 1.62. The van der Waals surface area contributed by atoms with E-state index in [-0.39, 0.29) is 36.7 Å². The summed E-state index contributed by atoms with van der Waals surface area (Å²) in [5, 5.41) is 10.3. The smallest absolute Gasteiger partial charge is 0.233 e. The molecule has 3 rings (SSSR count). The fourth-order valence-electron chi connectivity index (χ4n) is 3.64. The van der Waals surface area contributed by atoms with Crippen molar-refractivity contribution in [2.75, 3.05) is 39.8 Å². The van der Waals surface area contributed by atoms with Crippen LogP contribution >= 0.6 is 24.8 Å². The van der Waals surface area contributed by atoms with E-state index in [0.29, 0.717) is 25.6 Å². The fraction of sp³-hybridized carbons (Fsp3) is 0.579. The summed E-state index contributed by atoms with van der Waals surface area (Å²) in [4.78, 5) is 15.5. The lowest BCUT2D eigenvalue weighted by molar-refractivity contribution is -0.122. The maximum atomic E-state index is 11.5. The van der Waals surface area contributed by atoms with Gasteiger partial charge in [0.2, 0.25) is 5.91 Å². The first-order valence-electron chi connectivity index (χ1n) is 9.31. The number of guanidine groups is 1. The van der Waals surface area contributed by atoms with Crippen molar-refractivity contribution in [3.8, 4) is 5.75 Å². The van der Waals surface area contributed by atoms with Crippen LogP contribution in [0.15, 0.2) is 18.2 Å². The van der Waals surface area contributed by atoms with Gasteiger partial charge >= 0.3 is 0 Å². The standard InChI is InChI=1S/C19H29N5O2.2ClH/c1-22-18(25)12-23-7-4-14(5-8-23)13-26-17-3-2-15-6-9-24(19(20)21)11-16(15)10-17;;/h2-3,10,14H,4-9,11-13H2,1H3,(H3,20,21)(H,22,25);2*1H. The Hall–Kier alpha value is -1.70. The van der Waals surface area contributed by atoms with Gasteiger partial charge in [-0.3, -0.25) is 15.1 Å². The minimum absolute atomic E-state index is 0. The first-order valence-corrected chi connectivity index (χ1v) is 9.31. The second-order valence-electron chi connectivity index (χ2n) is 7.19. The van der Waals surface area contributed by atoms with Gasteiger partial charge in [-0.15, -0.1) is 24.8 Å². The van der Waals surface area contributed by atoms with Gasteiger partial charge in [0.05, 0.1) is 13.2 Å². The summed E-state index contributed by atoms with van der Waals surface area (Å²) in [6, 6.07) is 6.27. The third-order valence-corrected chi connectivity index (χ3v) is 5.37. The lowest BCUT2D eigenvalue weighted by Crippen LogP contribution is -2.41.